The Balaban J connectivity index is 1.73. The van der Waals surface area contributed by atoms with Gasteiger partial charge in [0.05, 0.1) is 12.5 Å². The third kappa shape index (κ3) is 8.96. The second kappa shape index (κ2) is 12.1. The Morgan fingerprint density at radius 3 is 2.41 bits per heavy atom. The molecule has 0 aliphatic heterocycles. The first kappa shape index (κ1) is 25.2. The topological polar surface area (TPSA) is 103 Å². The average Bonchev–Trinajstić information content (AvgIpc) is 3.57. The summed E-state index contributed by atoms with van der Waals surface area (Å²) >= 11 is 0. The number of carbonyl (C=O) groups is 3. The first-order valence-electron chi connectivity index (χ1n) is 11.2. The van der Waals surface area contributed by atoms with E-state index in [0.717, 1.165) is 18.5 Å². The van der Waals surface area contributed by atoms with E-state index in [4.69, 9.17) is 10.00 Å². The van der Waals surface area contributed by atoms with E-state index in [2.05, 4.69) is 11.4 Å². The van der Waals surface area contributed by atoms with Gasteiger partial charge in [0, 0.05) is 44.2 Å². The van der Waals surface area contributed by atoms with Gasteiger partial charge in [0.25, 0.3) is 0 Å². The maximum absolute atomic E-state index is 12.6. The highest BCUT2D eigenvalue weighted by atomic mass is 16.6. The van der Waals surface area contributed by atoms with Gasteiger partial charge in [-0.15, -0.1) is 0 Å². The Morgan fingerprint density at radius 2 is 1.81 bits per heavy atom. The lowest BCUT2D eigenvalue weighted by atomic mass is 10.2. The number of hydrogen-bond donors (Lipinski definition) is 1. The summed E-state index contributed by atoms with van der Waals surface area (Å²) < 4.78 is 5.47. The number of carbonyl (C=O) groups excluding carboxylic acids is 3. The quantitative estimate of drug-likeness (QED) is 0.527. The first-order valence-corrected chi connectivity index (χ1v) is 11.2. The minimum Gasteiger partial charge on any atom is -0.444 e. The molecule has 1 saturated carbocycles. The highest BCUT2D eigenvalue weighted by Gasteiger charge is 2.34. The maximum Gasteiger partial charge on any atom is 0.410 e. The molecule has 1 aromatic rings. The lowest BCUT2D eigenvalue weighted by Gasteiger charge is -2.27. The molecule has 1 fully saturated rings. The van der Waals surface area contributed by atoms with Crippen molar-refractivity contribution < 1.29 is 19.1 Å². The molecule has 0 unspecified atom stereocenters. The summed E-state index contributed by atoms with van der Waals surface area (Å²) in [4.78, 5) is 40.5. The summed E-state index contributed by atoms with van der Waals surface area (Å²) in [7, 11) is 0. The number of nitrogens with zero attached hydrogens (tertiary/aromatic N) is 3. The molecule has 2 rings (SSSR count). The van der Waals surface area contributed by atoms with E-state index in [1.165, 1.54) is 0 Å². The molecule has 1 aromatic carbocycles. The Kier molecular flexibility index (Phi) is 9.51. The second-order valence-corrected chi connectivity index (χ2v) is 8.90. The molecule has 3 amide bonds. The van der Waals surface area contributed by atoms with E-state index in [1.54, 1.807) is 9.80 Å². The van der Waals surface area contributed by atoms with Gasteiger partial charge < -0.3 is 19.9 Å². The minimum atomic E-state index is -0.536. The Morgan fingerprint density at radius 1 is 1.12 bits per heavy atom. The van der Waals surface area contributed by atoms with Crippen molar-refractivity contribution >= 4 is 23.6 Å². The molecule has 0 saturated heterocycles. The summed E-state index contributed by atoms with van der Waals surface area (Å²) in [6.45, 7) is 6.78. The van der Waals surface area contributed by atoms with Crippen molar-refractivity contribution in [3.63, 3.8) is 0 Å². The summed E-state index contributed by atoms with van der Waals surface area (Å²) in [5.74, 6) is -0.395. The van der Waals surface area contributed by atoms with Crippen molar-refractivity contribution in [2.45, 2.75) is 70.9 Å². The number of para-hydroxylation sites is 1. The van der Waals surface area contributed by atoms with Crippen LogP contribution in [-0.2, 0) is 14.3 Å². The minimum absolute atomic E-state index is 0.0677. The molecule has 0 bridgehead atoms. The van der Waals surface area contributed by atoms with Crippen LogP contribution in [0.2, 0.25) is 0 Å². The predicted molar refractivity (Wildman–Crippen MR) is 122 cm³/mol. The molecule has 174 valence electrons. The summed E-state index contributed by atoms with van der Waals surface area (Å²) in [6.07, 6.45) is 2.64. The SMILES string of the molecule is CC(C)(C)OC(=O)N(CCCNC(=O)CCC(=O)N(CCC#N)c1ccccc1)C1CC1. The van der Waals surface area contributed by atoms with Crippen LogP contribution in [-0.4, -0.2) is 54.1 Å². The molecule has 1 aliphatic rings. The van der Waals surface area contributed by atoms with Crippen LogP contribution in [0.3, 0.4) is 0 Å². The molecule has 1 N–H and O–H groups in total. The van der Waals surface area contributed by atoms with E-state index in [0.29, 0.717) is 26.1 Å². The van der Waals surface area contributed by atoms with E-state index in [1.807, 2.05) is 51.1 Å². The van der Waals surface area contributed by atoms with Crippen LogP contribution >= 0.6 is 0 Å². The normalized spacial score (nSPS) is 13.1. The number of amides is 3. The molecule has 8 nitrogen and oxygen atoms in total. The fraction of sp³-hybridized carbons (Fsp3) is 0.583. The summed E-state index contributed by atoms with van der Waals surface area (Å²) in [6, 6.07) is 11.4. The molecule has 1 aliphatic carbocycles. The van der Waals surface area contributed by atoms with Gasteiger partial charge in [-0.25, -0.2) is 4.79 Å². The van der Waals surface area contributed by atoms with Crippen LogP contribution in [0.4, 0.5) is 10.5 Å². The van der Waals surface area contributed by atoms with Crippen LogP contribution in [0.25, 0.3) is 0 Å². The third-order valence-electron chi connectivity index (χ3n) is 4.90. The van der Waals surface area contributed by atoms with Crippen LogP contribution in [0.15, 0.2) is 30.3 Å². The number of nitrogens with one attached hydrogen (secondary N) is 1. The van der Waals surface area contributed by atoms with Gasteiger partial charge in [0.1, 0.15) is 5.60 Å². The molecule has 8 heteroatoms. The average molecular weight is 443 g/mol. The van der Waals surface area contributed by atoms with Crippen molar-refractivity contribution in [3.8, 4) is 6.07 Å². The molecular formula is C24H34N4O4. The zero-order valence-corrected chi connectivity index (χ0v) is 19.3. The van der Waals surface area contributed by atoms with Gasteiger partial charge in [-0.2, -0.15) is 5.26 Å². The highest BCUT2D eigenvalue weighted by Crippen LogP contribution is 2.28. The fourth-order valence-electron chi connectivity index (χ4n) is 3.22. The van der Waals surface area contributed by atoms with E-state index in [9.17, 15) is 14.4 Å². The largest absolute Gasteiger partial charge is 0.444 e. The van der Waals surface area contributed by atoms with Crippen molar-refractivity contribution in [1.82, 2.24) is 10.2 Å². The smallest absolute Gasteiger partial charge is 0.410 e. The van der Waals surface area contributed by atoms with Gasteiger partial charge in [0.2, 0.25) is 11.8 Å². The molecule has 0 heterocycles. The number of benzene rings is 1. The van der Waals surface area contributed by atoms with E-state index in [-0.39, 0.29) is 43.2 Å². The third-order valence-corrected chi connectivity index (χ3v) is 4.90. The van der Waals surface area contributed by atoms with Gasteiger partial charge in [0.15, 0.2) is 0 Å². The zero-order valence-electron chi connectivity index (χ0n) is 19.3. The highest BCUT2D eigenvalue weighted by molar-refractivity contribution is 5.95. The Hall–Kier alpha value is -3.08. The lowest BCUT2D eigenvalue weighted by molar-refractivity contribution is -0.125. The standard InChI is InChI=1S/C24H34N4O4/c1-24(2,3)32-23(31)28(20-11-12-20)18-8-16-26-21(29)13-14-22(30)27(17-7-15-25)19-9-5-4-6-10-19/h4-6,9-10,20H,7-8,11-14,16-18H2,1-3H3,(H,26,29). The van der Waals surface area contributed by atoms with Crippen LogP contribution in [0.5, 0.6) is 0 Å². The Bertz CT molecular complexity index is 810. The molecule has 0 radical (unpaired) electrons. The van der Waals surface area contributed by atoms with Crippen LogP contribution in [0, 0.1) is 11.3 Å². The van der Waals surface area contributed by atoms with Gasteiger partial charge in [-0.1, -0.05) is 18.2 Å². The van der Waals surface area contributed by atoms with Crippen LogP contribution < -0.4 is 10.2 Å². The van der Waals surface area contributed by atoms with Gasteiger partial charge in [-0.3, -0.25) is 9.59 Å². The van der Waals surface area contributed by atoms with Crippen molar-refractivity contribution in [3.05, 3.63) is 30.3 Å². The van der Waals surface area contributed by atoms with E-state index < -0.39 is 5.60 Å². The maximum atomic E-state index is 12.6. The fourth-order valence-corrected chi connectivity index (χ4v) is 3.22. The predicted octanol–water partition coefficient (Wildman–Crippen LogP) is 3.62. The summed E-state index contributed by atoms with van der Waals surface area (Å²) in [5, 5.41) is 11.7. The lowest BCUT2D eigenvalue weighted by Crippen LogP contribution is -2.40. The number of ether oxygens (including phenoxy) is 1. The van der Waals surface area contributed by atoms with E-state index >= 15 is 0 Å². The second-order valence-electron chi connectivity index (χ2n) is 8.90. The van der Waals surface area contributed by atoms with Crippen LogP contribution in [0.1, 0.15) is 59.3 Å². The monoisotopic (exact) mass is 442 g/mol. The van der Waals surface area contributed by atoms with Crippen molar-refractivity contribution in [2.75, 3.05) is 24.5 Å². The number of rotatable bonds is 11. The van der Waals surface area contributed by atoms with Crippen molar-refractivity contribution in [2.24, 2.45) is 0 Å². The van der Waals surface area contributed by atoms with Gasteiger partial charge >= 0.3 is 6.09 Å². The zero-order chi connectivity index (χ0) is 23.6. The Labute approximate surface area is 190 Å². The first-order chi connectivity index (χ1) is 15.2. The van der Waals surface area contributed by atoms with Crippen molar-refractivity contribution in [1.29, 1.82) is 5.26 Å². The number of nitriles is 1. The molecular weight excluding hydrogens is 408 g/mol. The molecule has 0 aromatic heterocycles. The number of hydrogen-bond acceptors (Lipinski definition) is 5. The molecule has 32 heavy (non-hydrogen) atoms. The van der Waals surface area contributed by atoms with Gasteiger partial charge in [-0.05, 0) is 52.2 Å². The summed E-state index contributed by atoms with van der Waals surface area (Å²) in [5.41, 5.74) is 0.182. The molecule has 0 spiro atoms. The number of anilines is 1. The molecule has 0 atom stereocenters.